The maximum absolute atomic E-state index is 4.89. The number of pyridine rings is 1. The number of piperidine rings is 1. The molecule has 0 aliphatic carbocycles. The fraction of sp³-hybridized carbons (Fsp3) is 0.450. The second-order valence-electron chi connectivity index (χ2n) is 7.78. The van der Waals surface area contributed by atoms with Gasteiger partial charge in [0.15, 0.2) is 5.82 Å². The highest BCUT2D eigenvalue weighted by Crippen LogP contribution is 2.34. The Bertz CT molecular complexity index is 886. The Kier molecular flexibility index (Phi) is 4.16. The molecule has 2 aromatic rings. The molecule has 2 bridgehead atoms. The third-order valence-corrected chi connectivity index (χ3v) is 5.63. The second kappa shape index (κ2) is 6.81. The third-order valence-electron chi connectivity index (χ3n) is 5.63. The van der Waals surface area contributed by atoms with Crippen LogP contribution in [0.15, 0.2) is 29.3 Å². The van der Waals surface area contributed by atoms with Crippen molar-refractivity contribution >= 4 is 29.4 Å². The number of hydrogen-bond donors (Lipinski definition) is 4. The van der Waals surface area contributed by atoms with E-state index in [4.69, 9.17) is 4.98 Å². The molecule has 2 fully saturated rings. The van der Waals surface area contributed by atoms with Crippen molar-refractivity contribution in [2.45, 2.75) is 57.2 Å². The number of aryl methyl sites for hydroxylation is 1. The number of H-pyrrole nitrogens is 1. The van der Waals surface area contributed by atoms with Crippen molar-refractivity contribution in [1.29, 1.82) is 0 Å². The molecule has 2 saturated heterocycles. The molecule has 0 spiro atoms. The zero-order chi connectivity index (χ0) is 18.2. The number of rotatable bonds is 4. The number of aliphatic imine (C=N–C) groups is 1. The van der Waals surface area contributed by atoms with Crippen molar-refractivity contribution in [3.63, 3.8) is 0 Å². The number of anilines is 3. The Hall–Kier alpha value is -2.67. The number of allylic oxidation sites excluding steroid dienone is 2. The molecule has 0 saturated carbocycles. The number of nitrogens with zero attached hydrogens (tertiary/aromatic N) is 3. The van der Waals surface area contributed by atoms with Gasteiger partial charge in [0.2, 0.25) is 0 Å². The maximum Gasteiger partial charge on any atom is 0.153 e. The van der Waals surface area contributed by atoms with E-state index >= 15 is 0 Å². The SMILES string of the molecule is Cc1cc(Nc2cc3c(c(N[C@@H]4C[C@H]5CC[C@@H](C4)N5)n2)CC=CC=N3)n[nH]1. The Morgan fingerprint density at radius 2 is 1.96 bits per heavy atom. The van der Waals surface area contributed by atoms with E-state index in [-0.39, 0.29) is 0 Å². The van der Waals surface area contributed by atoms with Crippen LogP contribution in [0.5, 0.6) is 0 Å². The Morgan fingerprint density at radius 1 is 1.11 bits per heavy atom. The van der Waals surface area contributed by atoms with E-state index in [1.54, 1.807) is 0 Å². The Balaban J connectivity index is 1.45. The van der Waals surface area contributed by atoms with Gasteiger partial charge in [-0.05, 0) is 45.1 Å². The molecular formula is C20H25N7. The van der Waals surface area contributed by atoms with Crippen LogP contribution in [-0.2, 0) is 6.42 Å². The molecule has 5 rings (SSSR count). The molecule has 0 amide bonds. The fourth-order valence-corrected chi connectivity index (χ4v) is 4.41. The molecule has 4 N–H and O–H groups in total. The van der Waals surface area contributed by atoms with Crippen LogP contribution in [0.2, 0.25) is 0 Å². The lowest BCUT2D eigenvalue weighted by molar-refractivity contribution is 0.377. The van der Waals surface area contributed by atoms with Crippen molar-refractivity contribution in [3.05, 3.63) is 35.5 Å². The molecule has 3 atom stereocenters. The summed E-state index contributed by atoms with van der Waals surface area (Å²) >= 11 is 0. The van der Waals surface area contributed by atoms with Crippen LogP contribution in [0, 0.1) is 6.92 Å². The maximum atomic E-state index is 4.89. The van der Waals surface area contributed by atoms with E-state index in [0.29, 0.717) is 18.1 Å². The van der Waals surface area contributed by atoms with Gasteiger partial charge in [-0.3, -0.25) is 10.1 Å². The standard InChI is InChI=1S/C20H25N7/c1-12-8-19(27-26-12)24-18-11-17-16(4-2-3-7-21-17)20(25-18)23-15-9-13-5-6-14(10-15)22-13/h2-3,7-8,11,13-15,22H,4-6,9-10H2,1H3,(H3,23,24,25,26,27)/t13-,14+,15-. The normalized spacial score (nSPS) is 25.9. The van der Waals surface area contributed by atoms with Crippen LogP contribution in [-0.4, -0.2) is 39.5 Å². The van der Waals surface area contributed by atoms with Gasteiger partial charge in [-0.1, -0.05) is 6.08 Å². The highest BCUT2D eigenvalue weighted by molar-refractivity contribution is 5.79. The smallest absolute Gasteiger partial charge is 0.153 e. The van der Waals surface area contributed by atoms with Gasteiger partial charge in [-0.25, -0.2) is 4.98 Å². The molecule has 7 nitrogen and oxygen atoms in total. The molecular weight excluding hydrogens is 338 g/mol. The first kappa shape index (κ1) is 16.5. The summed E-state index contributed by atoms with van der Waals surface area (Å²) in [6.07, 6.45) is 11.7. The fourth-order valence-electron chi connectivity index (χ4n) is 4.41. The highest BCUT2D eigenvalue weighted by Gasteiger charge is 2.33. The van der Waals surface area contributed by atoms with Crippen LogP contribution in [0.4, 0.5) is 23.1 Å². The number of aromatic nitrogens is 3. The molecule has 140 valence electrons. The first-order valence-corrected chi connectivity index (χ1v) is 9.77. The summed E-state index contributed by atoms with van der Waals surface area (Å²) in [5.41, 5.74) is 3.14. The zero-order valence-corrected chi connectivity index (χ0v) is 15.5. The molecule has 3 aliphatic heterocycles. The summed E-state index contributed by atoms with van der Waals surface area (Å²) in [6.45, 7) is 1.98. The highest BCUT2D eigenvalue weighted by atomic mass is 15.2. The van der Waals surface area contributed by atoms with E-state index in [9.17, 15) is 0 Å². The lowest BCUT2D eigenvalue weighted by atomic mass is 9.99. The van der Waals surface area contributed by atoms with E-state index in [0.717, 1.165) is 53.7 Å². The molecule has 0 radical (unpaired) electrons. The lowest BCUT2D eigenvalue weighted by Gasteiger charge is -2.30. The van der Waals surface area contributed by atoms with Crippen LogP contribution >= 0.6 is 0 Å². The van der Waals surface area contributed by atoms with Gasteiger partial charge in [0.1, 0.15) is 11.6 Å². The first-order valence-electron chi connectivity index (χ1n) is 9.77. The summed E-state index contributed by atoms with van der Waals surface area (Å²) in [5, 5.41) is 18.0. The molecule has 0 unspecified atom stereocenters. The number of fused-ring (bicyclic) bond motifs is 3. The number of hydrogen-bond acceptors (Lipinski definition) is 6. The van der Waals surface area contributed by atoms with Crippen molar-refractivity contribution < 1.29 is 0 Å². The average Bonchev–Trinajstić information content (AvgIpc) is 3.10. The van der Waals surface area contributed by atoms with Gasteiger partial charge >= 0.3 is 0 Å². The van der Waals surface area contributed by atoms with Gasteiger partial charge < -0.3 is 16.0 Å². The minimum Gasteiger partial charge on any atom is -0.367 e. The van der Waals surface area contributed by atoms with Crippen LogP contribution in [0.3, 0.4) is 0 Å². The number of nitrogens with one attached hydrogen (secondary N) is 4. The minimum atomic E-state index is 0.458. The topological polar surface area (TPSA) is 90.0 Å². The summed E-state index contributed by atoms with van der Waals surface area (Å²) in [4.78, 5) is 9.51. The van der Waals surface area contributed by atoms with Gasteiger partial charge in [0.05, 0.1) is 5.69 Å². The minimum absolute atomic E-state index is 0.458. The van der Waals surface area contributed by atoms with Crippen molar-refractivity contribution in [1.82, 2.24) is 20.5 Å². The van der Waals surface area contributed by atoms with E-state index in [1.807, 2.05) is 31.3 Å². The zero-order valence-electron chi connectivity index (χ0n) is 15.5. The van der Waals surface area contributed by atoms with Gasteiger partial charge in [0.25, 0.3) is 0 Å². The van der Waals surface area contributed by atoms with Crippen LogP contribution in [0.1, 0.15) is 36.9 Å². The summed E-state index contributed by atoms with van der Waals surface area (Å²) in [7, 11) is 0. The molecule has 3 aliphatic rings. The monoisotopic (exact) mass is 363 g/mol. The second-order valence-corrected chi connectivity index (χ2v) is 7.78. The quantitative estimate of drug-likeness (QED) is 0.669. The first-order chi connectivity index (χ1) is 13.2. The number of aromatic amines is 1. The van der Waals surface area contributed by atoms with Gasteiger partial charge in [0, 0.05) is 47.7 Å². The molecule has 2 aromatic heterocycles. The average molecular weight is 363 g/mol. The van der Waals surface area contributed by atoms with E-state index in [2.05, 4.69) is 37.2 Å². The third kappa shape index (κ3) is 3.47. The summed E-state index contributed by atoms with van der Waals surface area (Å²) in [6, 6.07) is 5.72. The van der Waals surface area contributed by atoms with E-state index < -0.39 is 0 Å². The molecule has 5 heterocycles. The van der Waals surface area contributed by atoms with Gasteiger partial charge in [-0.2, -0.15) is 5.10 Å². The molecule has 27 heavy (non-hydrogen) atoms. The van der Waals surface area contributed by atoms with Crippen LogP contribution < -0.4 is 16.0 Å². The van der Waals surface area contributed by atoms with E-state index in [1.165, 1.54) is 12.8 Å². The van der Waals surface area contributed by atoms with Crippen LogP contribution in [0.25, 0.3) is 0 Å². The largest absolute Gasteiger partial charge is 0.367 e. The van der Waals surface area contributed by atoms with Crippen molar-refractivity contribution in [2.75, 3.05) is 10.6 Å². The van der Waals surface area contributed by atoms with Crippen molar-refractivity contribution in [2.24, 2.45) is 4.99 Å². The van der Waals surface area contributed by atoms with Crippen molar-refractivity contribution in [3.8, 4) is 0 Å². The Labute approximate surface area is 158 Å². The summed E-state index contributed by atoms with van der Waals surface area (Å²) in [5.74, 6) is 2.47. The summed E-state index contributed by atoms with van der Waals surface area (Å²) < 4.78 is 0. The predicted octanol–water partition coefficient (Wildman–Crippen LogP) is 3.37. The molecule has 0 aromatic carbocycles. The molecule has 7 heteroatoms. The lowest BCUT2D eigenvalue weighted by Crippen LogP contribution is -2.43. The predicted molar refractivity (Wildman–Crippen MR) is 108 cm³/mol. The Morgan fingerprint density at radius 3 is 2.74 bits per heavy atom. The van der Waals surface area contributed by atoms with Gasteiger partial charge in [-0.15, -0.1) is 0 Å².